The number of nitrogens with one attached hydrogen (secondary N) is 1. The van der Waals surface area contributed by atoms with Gasteiger partial charge in [-0.05, 0) is 38.6 Å². The number of hydrogen-bond acceptors (Lipinski definition) is 3. The second kappa shape index (κ2) is 8.90. The number of rotatable bonds is 8. The molecule has 3 heteroatoms. The lowest BCUT2D eigenvalue weighted by Crippen LogP contribution is -2.42. The van der Waals surface area contributed by atoms with E-state index in [1.807, 2.05) is 7.11 Å². The van der Waals surface area contributed by atoms with Gasteiger partial charge in [-0.15, -0.1) is 0 Å². The molecule has 0 saturated carbocycles. The van der Waals surface area contributed by atoms with Gasteiger partial charge in [0, 0.05) is 32.8 Å². The molecule has 1 heterocycles. The predicted octanol–water partition coefficient (Wildman–Crippen LogP) is 2.12. The Labute approximate surface area is 107 Å². The van der Waals surface area contributed by atoms with E-state index in [0.29, 0.717) is 6.04 Å². The topological polar surface area (TPSA) is 24.5 Å². The monoisotopic (exact) mass is 242 g/mol. The third kappa shape index (κ3) is 6.39. The molecule has 1 N–H and O–H groups in total. The number of nitrogens with zero attached hydrogens (tertiary/aromatic N) is 1. The minimum atomic E-state index is 0.666. The van der Waals surface area contributed by atoms with E-state index in [4.69, 9.17) is 4.74 Å². The number of piperidine rings is 1. The van der Waals surface area contributed by atoms with Crippen LogP contribution in [0.2, 0.25) is 0 Å². The molecule has 1 saturated heterocycles. The van der Waals surface area contributed by atoms with Gasteiger partial charge < -0.3 is 15.0 Å². The summed E-state index contributed by atoms with van der Waals surface area (Å²) in [7, 11) is 1.81. The van der Waals surface area contributed by atoms with Gasteiger partial charge in [-0.2, -0.15) is 0 Å². The van der Waals surface area contributed by atoms with E-state index in [2.05, 4.69) is 24.1 Å². The van der Waals surface area contributed by atoms with Crippen molar-refractivity contribution in [3.63, 3.8) is 0 Å². The van der Waals surface area contributed by atoms with Crippen LogP contribution in [0.1, 0.15) is 39.5 Å². The Hall–Kier alpha value is -0.120. The largest absolute Gasteiger partial charge is 0.384 e. The average Bonchev–Trinajstić information content (AvgIpc) is 2.30. The number of ether oxygens (including phenoxy) is 1. The lowest BCUT2D eigenvalue weighted by Gasteiger charge is -2.32. The second-order valence-corrected chi connectivity index (χ2v) is 5.41. The van der Waals surface area contributed by atoms with Crippen LogP contribution in [0.5, 0.6) is 0 Å². The van der Waals surface area contributed by atoms with E-state index in [1.54, 1.807) is 0 Å². The van der Waals surface area contributed by atoms with Crippen molar-refractivity contribution in [2.24, 2.45) is 5.92 Å². The first-order valence-electron chi connectivity index (χ1n) is 7.21. The van der Waals surface area contributed by atoms with Gasteiger partial charge >= 0.3 is 0 Å². The van der Waals surface area contributed by atoms with E-state index in [9.17, 15) is 0 Å². The summed E-state index contributed by atoms with van der Waals surface area (Å²) in [5, 5.41) is 3.60. The predicted molar refractivity (Wildman–Crippen MR) is 73.4 cm³/mol. The first-order valence-corrected chi connectivity index (χ1v) is 7.21. The molecule has 1 fully saturated rings. The van der Waals surface area contributed by atoms with Gasteiger partial charge in [0.15, 0.2) is 0 Å². The van der Waals surface area contributed by atoms with Gasteiger partial charge in [0.2, 0.25) is 0 Å². The lowest BCUT2D eigenvalue weighted by atomic mass is 9.99. The third-order valence-corrected chi connectivity index (χ3v) is 3.65. The molecule has 102 valence electrons. The van der Waals surface area contributed by atoms with E-state index in [1.165, 1.54) is 45.3 Å². The van der Waals surface area contributed by atoms with Crippen LogP contribution in [-0.2, 0) is 4.74 Å². The molecule has 17 heavy (non-hydrogen) atoms. The summed E-state index contributed by atoms with van der Waals surface area (Å²) in [6, 6.07) is 0.666. The molecular weight excluding hydrogens is 212 g/mol. The van der Waals surface area contributed by atoms with Crippen LogP contribution in [0.4, 0.5) is 0 Å². The molecule has 0 radical (unpaired) electrons. The average molecular weight is 242 g/mol. The molecule has 2 unspecified atom stereocenters. The Morgan fingerprint density at radius 1 is 1.47 bits per heavy atom. The highest BCUT2D eigenvalue weighted by Gasteiger charge is 2.19. The van der Waals surface area contributed by atoms with Crippen LogP contribution in [-0.4, -0.2) is 50.8 Å². The van der Waals surface area contributed by atoms with Crippen LogP contribution in [0, 0.1) is 5.92 Å². The van der Waals surface area contributed by atoms with Crippen LogP contribution in [0.3, 0.4) is 0 Å². The highest BCUT2D eigenvalue weighted by molar-refractivity contribution is 4.73. The maximum atomic E-state index is 5.26. The van der Waals surface area contributed by atoms with Gasteiger partial charge in [0.1, 0.15) is 0 Å². The quantitative estimate of drug-likeness (QED) is 0.705. The summed E-state index contributed by atoms with van der Waals surface area (Å²) in [5.74, 6) is 0.752. The van der Waals surface area contributed by atoms with Gasteiger partial charge in [0.05, 0.1) is 6.61 Å². The van der Waals surface area contributed by atoms with E-state index in [-0.39, 0.29) is 0 Å². The Bertz CT molecular complexity index is 185. The first kappa shape index (κ1) is 14.9. The number of methoxy groups -OCH3 is 1. The molecular formula is C14H30N2O. The fourth-order valence-electron chi connectivity index (χ4n) is 2.73. The Kier molecular flexibility index (Phi) is 7.82. The minimum absolute atomic E-state index is 0.666. The fraction of sp³-hybridized carbons (Fsp3) is 1.00. The van der Waals surface area contributed by atoms with Gasteiger partial charge in [-0.3, -0.25) is 0 Å². The molecule has 2 atom stereocenters. The third-order valence-electron chi connectivity index (χ3n) is 3.65. The molecule has 1 rings (SSSR count). The summed E-state index contributed by atoms with van der Waals surface area (Å²) in [6.45, 7) is 10.3. The van der Waals surface area contributed by atoms with Crippen molar-refractivity contribution in [3.05, 3.63) is 0 Å². The first-order chi connectivity index (χ1) is 8.26. The van der Waals surface area contributed by atoms with E-state index >= 15 is 0 Å². The second-order valence-electron chi connectivity index (χ2n) is 5.41. The summed E-state index contributed by atoms with van der Waals surface area (Å²) in [4.78, 5) is 2.58. The smallest absolute Gasteiger partial charge is 0.0502 e. The molecule has 0 spiro atoms. The summed E-state index contributed by atoms with van der Waals surface area (Å²) in [6.07, 6.45) is 5.22. The standard InChI is InChI=1S/C14H30N2O/c1-4-6-13(2)15-8-10-16-9-5-7-14(11-16)12-17-3/h13-15H,4-12H2,1-3H3. The zero-order valence-electron chi connectivity index (χ0n) is 11.9. The van der Waals surface area contributed by atoms with Gasteiger partial charge in [0.25, 0.3) is 0 Å². The molecule has 0 aliphatic carbocycles. The highest BCUT2D eigenvalue weighted by atomic mass is 16.5. The fourth-order valence-corrected chi connectivity index (χ4v) is 2.73. The van der Waals surface area contributed by atoms with Crippen molar-refractivity contribution in [1.29, 1.82) is 0 Å². The maximum absolute atomic E-state index is 5.26. The molecule has 0 aromatic heterocycles. The maximum Gasteiger partial charge on any atom is 0.0502 e. The highest BCUT2D eigenvalue weighted by Crippen LogP contribution is 2.15. The summed E-state index contributed by atoms with van der Waals surface area (Å²) in [5.41, 5.74) is 0. The van der Waals surface area contributed by atoms with Crippen LogP contribution < -0.4 is 5.32 Å². The molecule has 0 amide bonds. The molecule has 3 nitrogen and oxygen atoms in total. The van der Waals surface area contributed by atoms with Crippen molar-refractivity contribution in [2.45, 2.75) is 45.6 Å². The van der Waals surface area contributed by atoms with E-state index in [0.717, 1.165) is 19.1 Å². The van der Waals surface area contributed by atoms with Crippen molar-refractivity contribution in [3.8, 4) is 0 Å². The lowest BCUT2D eigenvalue weighted by molar-refractivity contribution is 0.0907. The van der Waals surface area contributed by atoms with Crippen molar-refractivity contribution in [1.82, 2.24) is 10.2 Å². The van der Waals surface area contributed by atoms with Gasteiger partial charge in [-0.25, -0.2) is 0 Å². The van der Waals surface area contributed by atoms with Crippen LogP contribution in [0.25, 0.3) is 0 Å². The van der Waals surface area contributed by atoms with Crippen LogP contribution in [0.15, 0.2) is 0 Å². The molecule has 1 aliphatic rings. The summed E-state index contributed by atoms with van der Waals surface area (Å²) >= 11 is 0. The van der Waals surface area contributed by atoms with Crippen molar-refractivity contribution < 1.29 is 4.74 Å². The molecule has 1 aliphatic heterocycles. The Morgan fingerprint density at radius 3 is 3.00 bits per heavy atom. The molecule has 0 aromatic carbocycles. The van der Waals surface area contributed by atoms with Crippen molar-refractivity contribution >= 4 is 0 Å². The van der Waals surface area contributed by atoms with E-state index < -0.39 is 0 Å². The molecule has 0 bridgehead atoms. The SMILES string of the molecule is CCCC(C)NCCN1CCCC(COC)C1. The zero-order chi connectivity index (χ0) is 12.5. The number of likely N-dealkylation sites (tertiary alicyclic amines) is 1. The zero-order valence-corrected chi connectivity index (χ0v) is 11.9. The Morgan fingerprint density at radius 2 is 2.29 bits per heavy atom. The molecule has 0 aromatic rings. The van der Waals surface area contributed by atoms with Gasteiger partial charge in [-0.1, -0.05) is 13.3 Å². The van der Waals surface area contributed by atoms with Crippen LogP contribution >= 0.6 is 0 Å². The minimum Gasteiger partial charge on any atom is -0.384 e. The van der Waals surface area contributed by atoms with Crippen molar-refractivity contribution in [2.75, 3.05) is 39.9 Å². The number of hydrogen-bond donors (Lipinski definition) is 1. The summed E-state index contributed by atoms with van der Waals surface area (Å²) < 4.78 is 5.26. The Balaban J connectivity index is 2.09. The normalized spacial score (nSPS) is 23.8.